The number of nitrogens with one attached hydrogen (secondary N) is 2. The van der Waals surface area contributed by atoms with Gasteiger partial charge < -0.3 is 15.7 Å². The van der Waals surface area contributed by atoms with E-state index in [0.717, 1.165) is 30.4 Å². The van der Waals surface area contributed by atoms with Crippen LogP contribution in [0.3, 0.4) is 0 Å². The first-order valence-electron chi connectivity index (χ1n) is 8.85. The first-order valence-corrected chi connectivity index (χ1v) is 8.85. The van der Waals surface area contributed by atoms with E-state index in [2.05, 4.69) is 20.9 Å². The van der Waals surface area contributed by atoms with Crippen LogP contribution in [0.4, 0.5) is 5.69 Å². The predicted molar refractivity (Wildman–Crippen MR) is 96.4 cm³/mol. The van der Waals surface area contributed by atoms with Crippen molar-refractivity contribution in [1.82, 2.24) is 20.3 Å². The zero-order valence-corrected chi connectivity index (χ0v) is 14.7. The Morgan fingerprint density at radius 2 is 1.81 bits per heavy atom. The van der Waals surface area contributed by atoms with Crippen LogP contribution < -0.4 is 10.6 Å². The zero-order chi connectivity index (χ0) is 19.2. The minimum Gasteiger partial charge on any atom is -0.476 e. The molecule has 1 aromatic carbocycles. The lowest BCUT2D eigenvalue weighted by atomic mass is 9.95. The minimum atomic E-state index is -1.20. The van der Waals surface area contributed by atoms with Crippen molar-refractivity contribution >= 4 is 23.5 Å². The molecule has 1 aliphatic rings. The first-order chi connectivity index (χ1) is 13.0. The normalized spacial score (nSPS) is 14.5. The molecule has 3 rings (SSSR count). The summed E-state index contributed by atoms with van der Waals surface area (Å²) in [4.78, 5) is 35.1. The van der Waals surface area contributed by atoms with E-state index < -0.39 is 5.97 Å². The van der Waals surface area contributed by atoms with E-state index in [1.54, 1.807) is 24.3 Å². The molecule has 142 valence electrons. The van der Waals surface area contributed by atoms with E-state index in [-0.39, 0.29) is 30.1 Å². The lowest BCUT2D eigenvalue weighted by molar-refractivity contribution is -0.116. The summed E-state index contributed by atoms with van der Waals surface area (Å²) >= 11 is 0. The van der Waals surface area contributed by atoms with Crippen LogP contribution in [0.2, 0.25) is 0 Å². The van der Waals surface area contributed by atoms with Gasteiger partial charge in [-0.3, -0.25) is 9.59 Å². The molecular weight excluding hydrogens is 350 g/mol. The number of aromatic carboxylic acids is 1. The molecule has 1 aliphatic carbocycles. The number of aromatic nitrogens is 3. The standard InChI is InChI=1S/C18H21N5O4/c24-16(11-23-10-15(18(26)27)21-22-23)19-14-8-6-12(7-9-14)17(25)20-13-4-2-1-3-5-13/h6-10,13H,1-5,11H2,(H,19,24)(H,20,25)(H,26,27). The summed E-state index contributed by atoms with van der Waals surface area (Å²) in [6, 6.07) is 6.86. The number of carboxylic acids is 1. The molecule has 0 unspecified atom stereocenters. The molecule has 1 saturated carbocycles. The van der Waals surface area contributed by atoms with Gasteiger partial charge in [-0.1, -0.05) is 24.5 Å². The maximum absolute atomic E-state index is 12.3. The summed E-state index contributed by atoms with van der Waals surface area (Å²) in [6.07, 6.45) is 6.75. The third-order valence-electron chi connectivity index (χ3n) is 4.43. The van der Waals surface area contributed by atoms with E-state index in [4.69, 9.17) is 5.11 Å². The van der Waals surface area contributed by atoms with Crippen LogP contribution in [0.5, 0.6) is 0 Å². The van der Waals surface area contributed by atoms with Gasteiger partial charge in [0, 0.05) is 17.3 Å². The number of carboxylic acid groups (broad SMARTS) is 1. The van der Waals surface area contributed by atoms with Gasteiger partial charge in [0.05, 0.1) is 6.20 Å². The maximum Gasteiger partial charge on any atom is 0.358 e. The fraction of sp³-hybridized carbons (Fsp3) is 0.389. The molecule has 1 fully saturated rings. The molecule has 0 bridgehead atoms. The van der Waals surface area contributed by atoms with Gasteiger partial charge in [-0.05, 0) is 37.1 Å². The van der Waals surface area contributed by atoms with Gasteiger partial charge in [0.2, 0.25) is 5.91 Å². The smallest absolute Gasteiger partial charge is 0.358 e. The van der Waals surface area contributed by atoms with E-state index in [9.17, 15) is 14.4 Å². The molecular formula is C18H21N5O4. The van der Waals surface area contributed by atoms with E-state index in [1.807, 2.05) is 0 Å². The minimum absolute atomic E-state index is 0.108. The van der Waals surface area contributed by atoms with Gasteiger partial charge in [0.15, 0.2) is 5.69 Å². The van der Waals surface area contributed by atoms with Gasteiger partial charge in [0.1, 0.15) is 6.54 Å². The largest absolute Gasteiger partial charge is 0.476 e. The number of hydrogen-bond donors (Lipinski definition) is 3. The third kappa shape index (κ3) is 5.13. The molecule has 27 heavy (non-hydrogen) atoms. The maximum atomic E-state index is 12.3. The number of carbonyl (C=O) groups is 3. The second-order valence-corrected chi connectivity index (χ2v) is 6.54. The fourth-order valence-electron chi connectivity index (χ4n) is 3.04. The molecule has 2 aromatic rings. The Morgan fingerprint density at radius 3 is 2.44 bits per heavy atom. The van der Waals surface area contributed by atoms with E-state index in [1.165, 1.54) is 12.6 Å². The van der Waals surface area contributed by atoms with Crippen LogP contribution >= 0.6 is 0 Å². The van der Waals surface area contributed by atoms with Crippen LogP contribution in [0.1, 0.15) is 53.0 Å². The summed E-state index contributed by atoms with van der Waals surface area (Å²) in [5.41, 5.74) is 0.852. The monoisotopic (exact) mass is 371 g/mol. The Bertz CT molecular complexity index is 825. The molecule has 0 radical (unpaired) electrons. The Labute approximate surface area is 155 Å². The van der Waals surface area contributed by atoms with E-state index >= 15 is 0 Å². The SMILES string of the molecule is O=C(Cn1cc(C(=O)O)nn1)Nc1ccc(C(=O)NC2CCCCC2)cc1. The number of anilines is 1. The molecule has 1 aromatic heterocycles. The van der Waals surface area contributed by atoms with Crippen molar-refractivity contribution in [3.05, 3.63) is 41.7 Å². The number of rotatable bonds is 6. The Balaban J connectivity index is 1.52. The number of hydrogen-bond acceptors (Lipinski definition) is 5. The van der Waals surface area contributed by atoms with Crippen molar-refractivity contribution in [2.75, 3.05) is 5.32 Å². The first kappa shape index (κ1) is 18.6. The summed E-state index contributed by atoms with van der Waals surface area (Å²) in [5, 5.41) is 21.5. The fourth-order valence-corrected chi connectivity index (χ4v) is 3.04. The van der Waals surface area contributed by atoms with E-state index in [0.29, 0.717) is 11.3 Å². The molecule has 0 saturated heterocycles. The molecule has 0 aliphatic heterocycles. The number of carbonyl (C=O) groups excluding carboxylic acids is 2. The number of nitrogens with zero attached hydrogens (tertiary/aromatic N) is 3. The van der Waals surface area contributed by atoms with Crippen molar-refractivity contribution in [2.24, 2.45) is 0 Å². The van der Waals surface area contributed by atoms with Crippen LogP contribution in [0.25, 0.3) is 0 Å². The topological polar surface area (TPSA) is 126 Å². The van der Waals surface area contributed by atoms with Crippen molar-refractivity contribution in [1.29, 1.82) is 0 Å². The highest BCUT2D eigenvalue weighted by Crippen LogP contribution is 2.18. The summed E-state index contributed by atoms with van der Waals surface area (Å²) in [7, 11) is 0. The van der Waals surface area contributed by atoms with Crippen LogP contribution in [0, 0.1) is 0 Å². The summed E-state index contributed by atoms with van der Waals surface area (Å²) < 4.78 is 1.14. The van der Waals surface area contributed by atoms with Crippen molar-refractivity contribution in [3.8, 4) is 0 Å². The molecule has 0 spiro atoms. The van der Waals surface area contributed by atoms with Crippen molar-refractivity contribution < 1.29 is 19.5 Å². The van der Waals surface area contributed by atoms with Crippen LogP contribution in [-0.4, -0.2) is 43.9 Å². The van der Waals surface area contributed by atoms with Crippen molar-refractivity contribution in [3.63, 3.8) is 0 Å². The molecule has 3 N–H and O–H groups in total. The molecule has 0 atom stereocenters. The second-order valence-electron chi connectivity index (χ2n) is 6.54. The van der Waals surface area contributed by atoms with Gasteiger partial charge in [-0.2, -0.15) is 0 Å². The third-order valence-corrected chi connectivity index (χ3v) is 4.43. The van der Waals surface area contributed by atoms with Gasteiger partial charge in [0.25, 0.3) is 5.91 Å². The second kappa shape index (κ2) is 8.43. The average molecular weight is 371 g/mol. The quantitative estimate of drug-likeness (QED) is 0.709. The Kier molecular flexibility index (Phi) is 5.80. The lowest BCUT2D eigenvalue weighted by Gasteiger charge is -2.22. The number of amides is 2. The molecule has 2 amide bonds. The number of benzene rings is 1. The van der Waals surface area contributed by atoms with Gasteiger partial charge in [-0.15, -0.1) is 5.10 Å². The summed E-state index contributed by atoms with van der Waals surface area (Å²) in [6.45, 7) is -0.163. The average Bonchev–Trinajstić information content (AvgIpc) is 3.12. The van der Waals surface area contributed by atoms with Crippen molar-refractivity contribution in [2.45, 2.75) is 44.7 Å². The highest BCUT2D eigenvalue weighted by Gasteiger charge is 2.16. The Hall–Kier alpha value is -3.23. The highest BCUT2D eigenvalue weighted by molar-refractivity contribution is 5.96. The highest BCUT2D eigenvalue weighted by atomic mass is 16.4. The van der Waals surface area contributed by atoms with Gasteiger partial charge >= 0.3 is 5.97 Å². The predicted octanol–water partition coefficient (Wildman–Crippen LogP) is 1.68. The zero-order valence-electron chi connectivity index (χ0n) is 14.7. The summed E-state index contributed by atoms with van der Waals surface area (Å²) in [5.74, 6) is -1.69. The molecule has 9 heteroatoms. The van der Waals surface area contributed by atoms with Gasteiger partial charge in [-0.25, -0.2) is 9.48 Å². The molecule has 9 nitrogen and oxygen atoms in total. The lowest BCUT2D eigenvalue weighted by Crippen LogP contribution is -2.36. The molecule has 1 heterocycles. The Morgan fingerprint density at radius 1 is 1.11 bits per heavy atom. The van der Waals surface area contributed by atoms with Crippen LogP contribution in [0.15, 0.2) is 30.5 Å². The van der Waals surface area contributed by atoms with Crippen LogP contribution in [-0.2, 0) is 11.3 Å².